The van der Waals surface area contributed by atoms with E-state index in [9.17, 15) is 0 Å². The molecule has 0 aromatic carbocycles. The monoisotopic (exact) mass is 133 g/mol. The van der Waals surface area contributed by atoms with Crippen molar-refractivity contribution in [2.45, 2.75) is 27.4 Å². The van der Waals surface area contributed by atoms with Crippen molar-refractivity contribution < 1.29 is 0 Å². The summed E-state index contributed by atoms with van der Waals surface area (Å²) in [4.78, 5) is 0. The third kappa shape index (κ3) is 9.49. The molecule has 0 rings (SSSR count). The van der Waals surface area contributed by atoms with E-state index in [0.717, 1.165) is 6.54 Å². The highest BCUT2D eigenvalue weighted by Crippen LogP contribution is 1.72. The maximum atomic E-state index is 3.31. The van der Waals surface area contributed by atoms with E-state index in [4.69, 9.17) is 0 Å². The van der Waals surface area contributed by atoms with Gasteiger partial charge in [0.2, 0.25) is 0 Å². The average Bonchev–Trinajstić information content (AvgIpc) is 1.61. The van der Waals surface area contributed by atoms with E-state index in [1.54, 1.807) is 0 Å². The van der Waals surface area contributed by atoms with Gasteiger partial charge in [-0.2, -0.15) is 0 Å². The minimum atomic E-state index is -0.299. The molecule has 2 heteroatoms. The first-order valence-corrected chi connectivity index (χ1v) is 6.10. The fourth-order valence-electron chi connectivity index (χ4n) is 0.433. The summed E-state index contributed by atoms with van der Waals surface area (Å²) in [6.07, 6.45) is 1.29. The van der Waals surface area contributed by atoms with E-state index >= 15 is 0 Å². The second-order valence-corrected chi connectivity index (χ2v) is 5.40. The molecule has 0 aliphatic heterocycles. The number of hydrogen-bond acceptors (Lipinski definition) is 1. The van der Waals surface area contributed by atoms with Gasteiger partial charge in [0.1, 0.15) is 0 Å². The van der Waals surface area contributed by atoms with Gasteiger partial charge in [0, 0.05) is 8.80 Å². The predicted molar refractivity (Wildman–Crippen MR) is 44.2 cm³/mol. The molecule has 0 atom stereocenters. The molecule has 0 aromatic rings. The summed E-state index contributed by atoms with van der Waals surface area (Å²) in [5.74, 6) is 0. The molecule has 0 amide bonds. The fraction of sp³-hybridized carbons (Fsp3) is 1.00. The van der Waals surface area contributed by atoms with Crippen LogP contribution in [0.3, 0.4) is 0 Å². The quantitative estimate of drug-likeness (QED) is 0.572. The summed E-state index contributed by atoms with van der Waals surface area (Å²) < 4.78 is 0. The maximum absolute atomic E-state index is 3.31. The molecular formula is C6H19NSi. The second-order valence-electron chi connectivity index (χ2n) is 2.20. The largest absolute Gasteiger partial charge is 0.320 e. The van der Waals surface area contributed by atoms with Crippen LogP contribution in [0.15, 0.2) is 0 Å². The highest BCUT2D eigenvalue weighted by atomic mass is 28.3. The first kappa shape index (κ1) is 11.0. The van der Waals surface area contributed by atoms with Crippen molar-refractivity contribution in [3.63, 3.8) is 0 Å². The van der Waals surface area contributed by atoms with Crippen LogP contribution >= 0.6 is 0 Å². The van der Waals surface area contributed by atoms with E-state index in [1.165, 1.54) is 6.17 Å². The predicted octanol–water partition coefficient (Wildman–Crippen LogP) is 1.26. The Morgan fingerprint density at radius 1 is 1.38 bits per heavy atom. The summed E-state index contributed by atoms with van der Waals surface area (Å²) >= 11 is 0. The molecule has 0 spiro atoms. The van der Waals surface area contributed by atoms with Crippen LogP contribution in [0, 0.1) is 0 Å². The molecule has 0 aliphatic rings. The van der Waals surface area contributed by atoms with E-state index in [2.05, 4.69) is 25.3 Å². The highest BCUT2D eigenvalue weighted by molar-refractivity contribution is 6.55. The normalized spacial score (nSPS) is 9.00. The van der Waals surface area contributed by atoms with Crippen LogP contribution in [-0.4, -0.2) is 21.5 Å². The maximum Gasteiger partial charge on any atom is 0.0466 e. The van der Waals surface area contributed by atoms with Crippen LogP contribution in [0.1, 0.15) is 14.4 Å². The van der Waals surface area contributed by atoms with Crippen LogP contribution in [0.25, 0.3) is 0 Å². The molecule has 0 radical (unpaired) electrons. The van der Waals surface area contributed by atoms with Gasteiger partial charge in [0.05, 0.1) is 0 Å². The molecule has 0 saturated carbocycles. The van der Waals surface area contributed by atoms with Gasteiger partial charge in [0.25, 0.3) is 0 Å². The average molecular weight is 133 g/mol. The smallest absolute Gasteiger partial charge is 0.0466 e. The molecule has 0 saturated heterocycles. The molecule has 0 unspecified atom stereocenters. The van der Waals surface area contributed by atoms with Crippen LogP contribution in [0.5, 0.6) is 0 Å². The minimum Gasteiger partial charge on any atom is -0.320 e. The lowest BCUT2D eigenvalue weighted by Gasteiger charge is -2.00. The zero-order valence-electron chi connectivity index (χ0n) is 5.49. The standard InChI is InChI=1S/C5H15NSi.CH4/c1-4-6-5-7(2)3;/h6-7H,4-5H2,1-3H3;1H4. The zero-order valence-corrected chi connectivity index (χ0v) is 6.65. The Hall–Kier alpha value is 0.177. The summed E-state index contributed by atoms with van der Waals surface area (Å²) in [5, 5.41) is 3.31. The lowest BCUT2D eigenvalue weighted by atomic mass is 10.8. The Labute approximate surface area is 55.1 Å². The second kappa shape index (κ2) is 7.18. The first-order valence-electron chi connectivity index (χ1n) is 2.98. The lowest BCUT2D eigenvalue weighted by Crippen LogP contribution is -2.24. The Bertz CT molecular complexity index is 37.5. The van der Waals surface area contributed by atoms with Gasteiger partial charge in [-0.3, -0.25) is 0 Å². The van der Waals surface area contributed by atoms with Gasteiger partial charge < -0.3 is 5.32 Å². The van der Waals surface area contributed by atoms with Crippen molar-refractivity contribution in [2.24, 2.45) is 0 Å². The van der Waals surface area contributed by atoms with E-state index < -0.39 is 0 Å². The SMILES string of the molecule is C.CCNC[SiH](C)C. The third-order valence-electron chi connectivity index (χ3n) is 0.803. The highest BCUT2D eigenvalue weighted by Gasteiger charge is 1.89. The van der Waals surface area contributed by atoms with E-state index in [1.807, 2.05) is 0 Å². The molecule has 52 valence electrons. The molecule has 0 heterocycles. The Morgan fingerprint density at radius 3 is 2.00 bits per heavy atom. The van der Waals surface area contributed by atoms with E-state index in [-0.39, 0.29) is 16.2 Å². The molecular weight excluding hydrogens is 114 g/mol. The lowest BCUT2D eigenvalue weighted by molar-refractivity contribution is 0.825. The topological polar surface area (TPSA) is 12.0 Å². The minimum absolute atomic E-state index is 0. The third-order valence-corrected chi connectivity index (χ3v) is 1.91. The molecule has 0 fully saturated rings. The number of nitrogens with one attached hydrogen (secondary N) is 1. The van der Waals surface area contributed by atoms with Crippen molar-refractivity contribution in [2.75, 3.05) is 12.7 Å². The molecule has 0 bridgehead atoms. The Kier molecular flexibility index (Phi) is 9.90. The van der Waals surface area contributed by atoms with E-state index in [0.29, 0.717) is 0 Å². The molecule has 1 N–H and O–H groups in total. The van der Waals surface area contributed by atoms with Gasteiger partial charge in [-0.25, -0.2) is 0 Å². The van der Waals surface area contributed by atoms with Crippen LogP contribution in [-0.2, 0) is 0 Å². The molecule has 0 aliphatic carbocycles. The molecule has 8 heavy (non-hydrogen) atoms. The van der Waals surface area contributed by atoms with Gasteiger partial charge in [-0.1, -0.05) is 27.4 Å². The van der Waals surface area contributed by atoms with Crippen LogP contribution < -0.4 is 5.32 Å². The molecule has 0 aromatic heterocycles. The van der Waals surface area contributed by atoms with Crippen molar-refractivity contribution >= 4 is 8.80 Å². The van der Waals surface area contributed by atoms with Gasteiger partial charge in [-0.05, 0) is 12.7 Å². The first-order chi connectivity index (χ1) is 3.27. The number of hydrogen-bond donors (Lipinski definition) is 1. The summed E-state index contributed by atoms with van der Waals surface area (Å²) in [7, 11) is -0.299. The Balaban J connectivity index is 0. The summed E-state index contributed by atoms with van der Waals surface area (Å²) in [6, 6.07) is 0. The molecule has 1 nitrogen and oxygen atoms in total. The van der Waals surface area contributed by atoms with Crippen molar-refractivity contribution in [3.8, 4) is 0 Å². The summed E-state index contributed by atoms with van der Waals surface area (Å²) in [6.45, 7) is 7.98. The zero-order chi connectivity index (χ0) is 5.70. The van der Waals surface area contributed by atoms with Crippen LogP contribution in [0.2, 0.25) is 13.1 Å². The van der Waals surface area contributed by atoms with Gasteiger partial charge in [0.15, 0.2) is 0 Å². The van der Waals surface area contributed by atoms with Gasteiger partial charge in [-0.15, -0.1) is 0 Å². The van der Waals surface area contributed by atoms with Crippen molar-refractivity contribution in [1.82, 2.24) is 5.32 Å². The number of rotatable bonds is 3. The van der Waals surface area contributed by atoms with Gasteiger partial charge >= 0.3 is 0 Å². The van der Waals surface area contributed by atoms with Crippen LogP contribution in [0.4, 0.5) is 0 Å². The Morgan fingerprint density at radius 2 is 1.88 bits per heavy atom. The fourth-order valence-corrected chi connectivity index (χ4v) is 1.30. The van der Waals surface area contributed by atoms with Crippen molar-refractivity contribution in [3.05, 3.63) is 0 Å². The summed E-state index contributed by atoms with van der Waals surface area (Å²) in [5.41, 5.74) is 0. The van der Waals surface area contributed by atoms with Crippen molar-refractivity contribution in [1.29, 1.82) is 0 Å².